The van der Waals surface area contributed by atoms with Crippen LogP contribution < -0.4 is 0 Å². The third-order valence-electron chi connectivity index (χ3n) is 0.516. The van der Waals surface area contributed by atoms with E-state index in [-0.39, 0.29) is 10.6 Å². The van der Waals surface area contributed by atoms with Crippen LogP contribution in [0.1, 0.15) is 27.7 Å². The first-order valence-corrected chi connectivity index (χ1v) is 3.65. The minimum absolute atomic E-state index is 0.0249. The van der Waals surface area contributed by atoms with Gasteiger partial charge in [-0.05, 0) is 27.7 Å². The lowest BCUT2D eigenvalue weighted by molar-refractivity contribution is -0.00847. The van der Waals surface area contributed by atoms with Crippen LogP contribution in [-0.2, 0) is 4.74 Å². The number of rotatable bonds is 1. The van der Waals surface area contributed by atoms with Crippen LogP contribution in [0.15, 0.2) is 0 Å². The van der Waals surface area contributed by atoms with Crippen LogP contribution in [0.3, 0.4) is 0 Å². The number of halogens is 1. The fraction of sp³-hybridized carbons (Fsp3) is 1.00. The molecule has 0 aromatic carbocycles. The normalized spacial score (nSPS) is 16.1. The highest BCUT2D eigenvalue weighted by Gasteiger charge is 2.11. The maximum absolute atomic E-state index is 5.35. The molecule has 0 saturated heterocycles. The van der Waals surface area contributed by atoms with Crippen molar-refractivity contribution in [3.05, 3.63) is 0 Å². The molecule has 0 radical (unpaired) electrons. The molecule has 0 rings (SSSR count). The second kappa shape index (κ2) is 2.83. The van der Waals surface area contributed by atoms with Crippen molar-refractivity contribution in [3.8, 4) is 0 Å². The van der Waals surface area contributed by atoms with Crippen molar-refractivity contribution in [2.24, 2.45) is 0 Å². The standard InChI is InChI=1S/C6H13BrO/c1-5(7)8-6(2,3)4/h5H,1-4H3. The van der Waals surface area contributed by atoms with Gasteiger partial charge in [-0.3, -0.25) is 0 Å². The van der Waals surface area contributed by atoms with Gasteiger partial charge in [0.05, 0.1) is 5.60 Å². The molecule has 0 aliphatic heterocycles. The number of ether oxygens (including phenoxy) is 1. The van der Waals surface area contributed by atoms with Gasteiger partial charge in [-0.15, -0.1) is 0 Å². The Kier molecular flexibility index (Phi) is 2.99. The van der Waals surface area contributed by atoms with Gasteiger partial charge in [0.2, 0.25) is 0 Å². The first-order valence-electron chi connectivity index (χ1n) is 2.74. The fourth-order valence-corrected chi connectivity index (χ4v) is 1.05. The Morgan fingerprint density at radius 2 is 1.75 bits per heavy atom. The number of hydrogen-bond donors (Lipinski definition) is 0. The van der Waals surface area contributed by atoms with E-state index in [9.17, 15) is 0 Å². The van der Waals surface area contributed by atoms with Gasteiger partial charge in [-0.2, -0.15) is 0 Å². The Bertz CT molecular complexity index is 63.4. The van der Waals surface area contributed by atoms with Crippen molar-refractivity contribution in [2.75, 3.05) is 0 Å². The monoisotopic (exact) mass is 180 g/mol. The summed E-state index contributed by atoms with van der Waals surface area (Å²) in [4.78, 5) is 0. The summed E-state index contributed by atoms with van der Waals surface area (Å²) in [6.45, 7) is 8.06. The summed E-state index contributed by atoms with van der Waals surface area (Å²) in [7, 11) is 0. The summed E-state index contributed by atoms with van der Waals surface area (Å²) in [5.74, 6) is 0. The molecule has 0 bridgehead atoms. The predicted molar refractivity (Wildman–Crippen MR) is 39.2 cm³/mol. The highest BCUT2D eigenvalue weighted by molar-refractivity contribution is 9.09. The van der Waals surface area contributed by atoms with E-state index in [0.29, 0.717) is 0 Å². The molecule has 0 aliphatic carbocycles. The van der Waals surface area contributed by atoms with Crippen molar-refractivity contribution in [1.82, 2.24) is 0 Å². The molecule has 0 N–H and O–H groups in total. The summed E-state index contributed by atoms with van der Waals surface area (Å²) in [5.41, 5.74) is -0.0249. The van der Waals surface area contributed by atoms with Crippen LogP contribution in [-0.4, -0.2) is 10.6 Å². The van der Waals surface area contributed by atoms with Crippen LogP contribution in [0.5, 0.6) is 0 Å². The Balaban J connectivity index is 3.39. The van der Waals surface area contributed by atoms with Gasteiger partial charge in [0.15, 0.2) is 0 Å². The molecule has 0 spiro atoms. The minimum atomic E-state index is -0.0249. The zero-order chi connectivity index (χ0) is 6.78. The Morgan fingerprint density at radius 3 is 1.75 bits per heavy atom. The maximum Gasteiger partial charge on any atom is 0.110 e. The zero-order valence-electron chi connectivity index (χ0n) is 5.86. The first-order chi connectivity index (χ1) is 3.42. The summed E-state index contributed by atoms with van der Waals surface area (Å²) >= 11 is 3.29. The summed E-state index contributed by atoms with van der Waals surface area (Å²) < 4.78 is 5.35. The molecule has 0 aliphatic rings. The lowest BCUT2D eigenvalue weighted by atomic mass is 10.2. The van der Waals surface area contributed by atoms with Gasteiger partial charge >= 0.3 is 0 Å². The van der Waals surface area contributed by atoms with Crippen molar-refractivity contribution in [2.45, 2.75) is 38.3 Å². The third-order valence-corrected chi connectivity index (χ3v) is 0.703. The molecule has 50 valence electrons. The van der Waals surface area contributed by atoms with Crippen LogP contribution in [0.2, 0.25) is 0 Å². The van der Waals surface area contributed by atoms with Crippen molar-refractivity contribution in [3.63, 3.8) is 0 Å². The van der Waals surface area contributed by atoms with E-state index in [1.54, 1.807) is 0 Å². The molecule has 0 fully saturated rings. The second-order valence-corrected chi connectivity index (χ2v) is 4.06. The molecular formula is C6H13BrO. The molecule has 2 heteroatoms. The molecule has 0 amide bonds. The maximum atomic E-state index is 5.35. The van der Waals surface area contributed by atoms with Crippen molar-refractivity contribution >= 4 is 15.9 Å². The van der Waals surface area contributed by atoms with E-state index in [2.05, 4.69) is 15.9 Å². The molecule has 0 aromatic rings. The zero-order valence-corrected chi connectivity index (χ0v) is 7.45. The van der Waals surface area contributed by atoms with E-state index < -0.39 is 0 Å². The highest BCUT2D eigenvalue weighted by atomic mass is 79.9. The van der Waals surface area contributed by atoms with Crippen LogP contribution >= 0.6 is 15.9 Å². The van der Waals surface area contributed by atoms with Gasteiger partial charge < -0.3 is 4.74 Å². The van der Waals surface area contributed by atoms with Crippen LogP contribution in [0, 0.1) is 0 Å². The molecule has 8 heavy (non-hydrogen) atoms. The second-order valence-electron chi connectivity index (χ2n) is 2.77. The summed E-state index contributed by atoms with van der Waals surface area (Å²) in [5, 5.41) is 0.155. The third kappa shape index (κ3) is 6.44. The van der Waals surface area contributed by atoms with Gasteiger partial charge in [-0.1, -0.05) is 15.9 Å². The van der Waals surface area contributed by atoms with E-state index in [4.69, 9.17) is 4.74 Å². The van der Waals surface area contributed by atoms with Crippen molar-refractivity contribution < 1.29 is 4.74 Å². The van der Waals surface area contributed by atoms with Crippen LogP contribution in [0.4, 0.5) is 0 Å². The summed E-state index contributed by atoms with van der Waals surface area (Å²) in [6, 6.07) is 0. The Morgan fingerprint density at radius 1 is 1.38 bits per heavy atom. The number of hydrogen-bond acceptors (Lipinski definition) is 1. The Labute approximate surface area is 59.5 Å². The van der Waals surface area contributed by atoms with E-state index in [1.807, 2.05) is 27.7 Å². The lowest BCUT2D eigenvalue weighted by Crippen LogP contribution is -2.21. The average Bonchev–Trinajstić information content (AvgIpc) is 1.21. The average molecular weight is 181 g/mol. The van der Waals surface area contributed by atoms with Gasteiger partial charge in [-0.25, -0.2) is 0 Å². The predicted octanol–water partition coefficient (Wildman–Crippen LogP) is 2.54. The Hall–Kier alpha value is 0.440. The van der Waals surface area contributed by atoms with E-state index in [1.165, 1.54) is 0 Å². The van der Waals surface area contributed by atoms with Gasteiger partial charge in [0.1, 0.15) is 5.01 Å². The topological polar surface area (TPSA) is 9.23 Å². The smallest absolute Gasteiger partial charge is 0.110 e. The summed E-state index contributed by atoms with van der Waals surface area (Å²) in [6.07, 6.45) is 0. The first kappa shape index (κ1) is 8.44. The SMILES string of the molecule is CC(Br)OC(C)(C)C. The molecule has 1 nitrogen and oxygen atoms in total. The molecule has 0 saturated carbocycles. The quantitative estimate of drug-likeness (QED) is 0.565. The van der Waals surface area contributed by atoms with Crippen molar-refractivity contribution in [1.29, 1.82) is 0 Å². The molecule has 0 aromatic heterocycles. The molecule has 1 unspecified atom stereocenters. The molecule has 1 atom stereocenters. The minimum Gasteiger partial charge on any atom is -0.362 e. The highest BCUT2D eigenvalue weighted by Crippen LogP contribution is 2.13. The van der Waals surface area contributed by atoms with Gasteiger partial charge in [0.25, 0.3) is 0 Å². The molecular weight excluding hydrogens is 168 g/mol. The lowest BCUT2D eigenvalue weighted by Gasteiger charge is -2.21. The van der Waals surface area contributed by atoms with Gasteiger partial charge in [0, 0.05) is 0 Å². The number of alkyl halides is 1. The molecule has 0 heterocycles. The largest absolute Gasteiger partial charge is 0.362 e. The van der Waals surface area contributed by atoms with E-state index in [0.717, 1.165) is 0 Å². The van der Waals surface area contributed by atoms with Crippen LogP contribution in [0.25, 0.3) is 0 Å². The van der Waals surface area contributed by atoms with E-state index >= 15 is 0 Å². The fourth-order valence-electron chi connectivity index (χ4n) is 0.487.